The summed E-state index contributed by atoms with van der Waals surface area (Å²) < 4.78 is 12.9. The smallest absolute Gasteiger partial charge is 0.147 e. The summed E-state index contributed by atoms with van der Waals surface area (Å²) in [5.41, 5.74) is 1.84. The van der Waals surface area contributed by atoms with Crippen LogP contribution in [0.15, 0.2) is 36.7 Å². The van der Waals surface area contributed by atoms with Crippen molar-refractivity contribution in [1.82, 2.24) is 9.97 Å². The van der Waals surface area contributed by atoms with Gasteiger partial charge in [-0.05, 0) is 31.0 Å². The number of hydrogen-bond donors (Lipinski definition) is 1. The Morgan fingerprint density at radius 2 is 2.06 bits per heavy atom. The lowest BCUT2D eigenvalue weighted by Gasteiger charge is -2.07. The summed E-state index contributed by atoms with van der Waals surface area (Å²) in [6.07, 6.45) is 4.07. The highest BCUT2D eigenvalue weighted by Crippen LogP contribution is 2.07. The van der Waals surface area contributed by atoms with Crippen LogP contribution in [0.3, 0.4) is 0 Å². The van der Waals surface area contributed by atoms with E-state index in [4.69, 9.17) is 0 Å². The fourth-order valence-electron chi connectivity index (χ4n) is 1.60. The Bertz CT molecular complexity index is 500. The molecule has 1 heterocycles. The molecule has 1 aromatic heterocycles. The second kappa shape index (κ2) is 5.39. The van der Waals surface area contributed by atoms with Gasteiger partial charge in [-0.3, -0.25) is 4.98 Å². The lowest BCUT2D eigenvalue weighted by Crippen LogP contribution is -2.08. The molecule has 0 amide bonds. The van der Waals surface area contributed by atoms with E-state index in [2.05, 4.69) is 15.3 Å². The van der Waals surface area contributed by atoms with Crippen molar-refractivity contribution < 1.29 is 4.39 Å². The van der Waals surface area contributed by atoms with Crippen molar-refractivity contribution in [2.75, 3.05) is 11.9 Å². The zero-order chi connectivity index (χ0) is 12.1. The Hall–Kier alpha value is -1.97. The average Bonchev–Trinajstić information content (AvgIpc) is 2.32. The minimum atomic E-state index is -0.196. The number of nitrogens with zero attached hydrogens (tertiary/aromatic N) is 2. The maximum absolute atomic E-state index is 12.9. The Morgan fingerprint density at radius 1 is 1.24 bits per heavy atom. The number of hydrogen-bond acceptors (Lipinski definition) is 3. The second-order valence-corrected chi connectivity index (χ2v) is 3.80. The van der Waals surface area contributed by atoms with Crippen LogP contribution in [0.25, 0.3) is 0 Å². The van der Waals surface area contributed by atoms with Crippen molar-refractivity contribution in [3.05, 3.63) is 53.7 Å². The van der Waals surface area contributed by atoms with Gasteiger partial charge in [-0.1, -0.05) is 12.1 Å². The number of nitrogens with one attached hydrogen (secondary N) is 1. The number of benzene rings is 1. The monoisotopic (exact) mass is 231 g/mol. The molecule has 17 heavy (non-hydrogen) atoms. The fourth-order valence-corrected chi connectivity index (χ4v) is 1.60. The summed E-state index contributed by atoms with van der Waals surface area (Å²) in [7, 11) is 0. The van der Waals surface area contributed by atoms with Gasteiger partial charge < -0.3 is 5.32 Å². The molecule has 2 rings (SSSR count). The van der Waals surface area contributed by atoms with Crippen LogP contribution in [0.5, 0.6) is 0 Å². The number of aryl methyl sites for hydroxylation is 1. The molecule has 2 aromatic rings. The first-order chi connectivity index (χ1) is 8.25. The largest absolute Gasteiger partial charge is 0.368 e. The summed E-state index contributed by atoms with van der Waals surface area (Å²) in [6, 6.07) is 6.63. The van der Waals surface area contributed by atoms with Crippen LogP contribution >= 0.6 is 0 Å². The van der Waals surface area contributed by atoms with Gasteiger partial charge >= 0.3 is 0 Å². The molecule has 0 radical (unpaired) electrons. The van der Waals surface area contributed by atoms with Gasteiger partial charge in [0.1, 0.15) is 11.6 Å². The van der Waals surface area contributed by atoms with E-state index in [0.29, 0.717) is 6.54 Å². The van der Waals surface area contributed by atoms with Gasteiger partial charge in [-0.2, -0.15) is 0 Å². The Morgan fingerprint density at radius 3 is 2.82 bits per heavy atom. The normalized spacial score (nSPS) is 10.2. The highest BCUT2D eigenvalue weighted by molar-refractivity contribution is 5.38. The van der Waals surface area contributed by atoms with Crippen molar-refractivity contribution in [3.8, 4) is 0 Å². The first kappa shape index (κ1) is 11.5. The number of aromatic nitrogens is 2. The third-order valence-electron chi connectivity index (χ3n) is 2.48. The van der Waals surface area contributed by atoms with E-state index in [1.165, 1.54) is 6.07 Å². The molecule has 0 spiro atoms. The highest BCUT2D eigenvalue weighted by Gasteiger charge is 1.99. The lowest BCUT2D eigenvalue weighted by atomic mass is 10.1. The van der Waals surface area contributed by atoms with Gasteiger partial charge in [0.2, 0.25) is 0 Å². The number of anilines is 1. The standard InChI is InChI=1S/C13H14FN3/c1-10-13(17-8-7-15-10)16-6-5-11-3-2-4-12(14)9-11/h2-4,7-9H,5-6H2,1H3,(H,16,17). The van der Waals surface area contributed by atoms with Crippen molar-refractivity contribution in [1.29, 1.82) is 0 Å². The molecule has 88 valence electrons. The Labute approximate surface area is 99.7 Å². The van der Waals surface area contributed by atoms with E-state index in [0.717, 1.165) is 23.5 Å². The molecule has 0 fully saturated rings. The van der Waals surface area contributed by atoms with Crippen LogP contribution in [-0.4, -0.2) is 16.5 Å². The molecule has 4 heteroatoms. The van der Waals surface area contributed by atoms with Crippen LogP contribution in [0.4, 0.5) is 10.2 Å². The molecule has 1 N–H and O–H groups in total. The first-order valence-electron chi connectivity index (χ1n) is 5.51. The quantitative estimate of drug-likeness (QED) is 0.878. The molecule has 0 unspecified atom stereocenters. The minimum Gasteiger partial charge on any atom is -0.368 e. The van der Waals surface area contributed by atoms with E-state index in [1.807, 2.05) is 13.0 Å². The van der Waals surface area contributed by atoms with Crippen molar-refractivity contribution in [2.45, 2.75) is 13.3 Å². The summed E-state index contributed by atoms with van der Waals surface area (Å²) in [5, 5.41) is 3.18. The molecule has 1 aromatic carbocycles. The lowest BCUT2D eigenvalue weighted by molar-refractivity contribution is 0.625. The maximum atomic E-state index is 12.9. The minimum absolute atomic E-state index is 0.196. The molecule has 3 nitrogen and oxygen atoms in total. The van der Waals surface area contributed by atoms with E-state index in [9.17, 15) is 4.39 Å². The van der Waals surface area contributed by atoms with Crippen molar-refractivity contribution in [2.24, 2.45) is 0 Å². The van der Waals surface area contributed by atoms with Crippen molar-refractivity contribution in [3.63, 3.8) is 0 Å². The summed E-state index contributed by atoms with van der Waals surface area (Å²) in [4.78, 5) is 8.31. The maximum Gasteiger partial charge on any atom is 0.147 e. The van der Waals surface area contributed by atoms with Crippen LogP contribution in [0.2, 0.25) is 0 Å². The third kappa shape index (κ3) is 3.24. The summed E-state index contributed by atoms with van der Waals surface area (Å²) in [6.45, 7) is 2.61. The Balaban J connectivity index is 1.90. The van der Waals surface area contributed by atoms with Gasteiger partial charge in [0.25, 0.3) is 0 Å². The third-order valence-corrected chi connectivity index (χ3v) is 2.48. The molecule has 0 atom stereocenters. The summed E-state index contributed by atoms with van der Waals surface area (Å²) in [5.74, 6) is 0.585. The average molecular weight is 231 g/mol. The number of halogens is 1. The zero-order valence-corrected chi connectivity index (χ0v) is 9.65. The number of rotatable bonds is 4. The van der Waals surface area contributed by atoms with Crippen molar-refractivity contribution >= 4 is 5.82 Å². The van der Waals surface area contributed by atoms with Gasteiger partial charge in [0, 0.05) is 18.9 Å². The van der Waals surface area contributed by atoms with Crippen LogP contribution in [-0.2, 0) is 6.42 Å². The van der Waals surface area contributed by atoms with Gasteiger partial charge in [-0.25, -0.2) is 9.37 Å². The molecule has 0 saturated carbocycles. The highest BCUT2D eigenvalue weighted by atomic mass is 19.1. The molecule has 0 aliphatic heterocycles. The predicted molar refractivity (Wildman–Crippen MR) is 65.4 cm³/mol. The molecule has 0 aliphatic carbocycles. The molecule has 0 aliphatic rings. The topological polar surface area (TPSA) is 37.8 Å². The van der Waals surface area contributed by atoms with Gasteiger partial charge in [0.05, 0.1) is 5.69 Å². The second-order valence-electron chi connectivity index (χ2n) is 3.80. The predicted octanol–water partition coefficient (Wildman–Crippen LogP) is 2.58. The Kier molecular flexibility index (Phi) is 3.65. The van der Waals surface area contributed by atoms with E-state index >= 15 is 0 Å². The first-order valence-corrected chi connectivity index (χ1v) is 5.51. The van der Waals surface area contributed by atoms with E-state index in [1.54, 1.807) is 24.5 Å². The molecular formula is C13H14FN3. The van der Waals surface area contributed by atoms with Crippen LogP contribution < -0.4 is 5.32 Å². The van der Waals surface area contributed by atoms with E-state index < -0.39 is 0 Å². The SMILES string of the molecule is Cc1nccnc1NCCc1cccc(F)c1. The molecule has 0 bridgehead atoms. The van der Waals surface area contributed by atoms with Crippen LogP contribution in [0.1, 0.15) is 11.3 Å². The van der Waals surface area contributed by atoms with Gasteiger partial charge in [0.15, 0.2) is 0 Å². The molecular weight excluding hydrogens is 217 g/mol. The van der Waals surface area contributed by atoms with Crippen LogP contribution in [0, 0.1) is 12.7 Å². The zero-order valence-electron chi connectivity index (χ0n) is 9.65. The molecule has 0 saturated heterocycles. The van der Waals surface area contributed by atoms with Gasteiger partial charge in [-0.15, -0.1) is 0 Å². The van der Waals surface area contributed by atoms with E-state index in [-0.39, 0.29) is 5.82 Å². The summed E-state index contributed by atoms with van der Waals surface area (Å²) >= 11 is 0. The fraction of sp³-hybridized carbons (Fsp3) is 0.231.